The molecule has 5 nitrogen and oxygen atoms in total. The SMILES string of the molecule is CCc1noc(NC(=O)c2cccc(F)c2OC)c1C. The molecule has 0 bridgehead atoms. The summed E-state index contributed by atoms with van der Waals surface area (Å²) in [5, 5.41) is 6.41. The van der Waals surface area contributed by atoms with Crippen molar-refractivity contribution in [1.29, 1.82) is 0 Å². The Kier molecular flexibility index (Phi) is 4.02. The molecule has 1 aromatic heterocycles. The third-order valence-corrected chi connectivity index (χ3v) is 3.00. The molecule has 0 aliphatic rings. The quantitative estimate of drug-likeness (QED) is 0.933. The average molecular weight is 278 g/mol. The summed E-state index contributed by atoms with van der Waals surface area (Å²) >= 11 is 0. The number of nitrogens with zero attached hydrogens (tertiary/aromatic N) is 1. The van der Waals surface area contributed by atoms with Crippen LogP contribution in [0.25, 0.3) is 0 Å². The molecule has 1 N–H and O–H groups in total. The van der Waals surface area contributed by atoms with Crippen molar-refractivity contribution in [1.82, 2.24) is 5.16 Å². The first-order valence-electron chi connectivity index (χ1n) is 6.17. The van der Waals surface area contributed by atoms with E-state index in [-0.39, 0.29) is 17.2 Å². The molecular formula is C14H15FN2O3. The fraction of sp³-hybridized carbons (Fsp3) is 0.286. The molecule has 0 unspecified atom stereocenters. The standard InChI is InChI=1S/C14H15FN2O3/c1-4-11-8(2)14(20-17-11)16-13(18)9-6-5-7-10(15)12(9)19-3/h5-7H,4H2,1-3H3,(H,16,18). The van der Waals surface area contributed by atoms with Crippen molar-refractivity contribution >= 4 is 11.8 Å². The van der Waals surface area contributed by atoms with Crippen LogP contribution in [0.1, 0.15) is 28.5 Å². The van der Waals surface area contributed by atoms with Crippen molar-refractivity contribution in [2.75, 3.05) is 12.4 Å². The number of carbonyl (C=O) groups excluding carboxylic acids is 1. The molecule has 0 saturated carbocycles. The molecule has 20 heavy (non-hydrogen) atoms. The zero-order valence-electron chi connectivity index (χ0n) is 11.5. The Morgan fingerprint density at radius 2 is 2.25 bits per heavy atom. The van der Waals surface area contributed by atoms with Crippen LogP contribution in [0.15, 0.2) is 22.7 Å². The van der Waals surface area contributed by atoms with E-state index in [2.05, 4.69) is 10.5 Å². The lowest BCUT2D eigenvalue weighted by Gasteiger charge is -2.08. The highest BCUT2D eigenvalue weighted by molar-refractivity contribution is 6.05. The highest BCUT2D eigenvalue weighted by Gasteiger charge is 2.19. The predicted molar refractivity (Wildman–Crippen MR) is 71.5 cm³/mol. The number of hydrogen-bond donors (Lipinski definition) is 1. The molecule has 106 valence electrons. The van der Waals surface area contributed by atoms with Gasteiger partial charge in [0.05, 0.1) is 18.4 Å². The summed E-state index contributed by atoms with van der Waals surface area (Å²) in [5.41, 5.74) is 1.63. The van der Waals surface area contributed by atoms with Gasteiger partial charge in [-0.3, -0.25) is 10.1 Å². The number of ether oxygens (including phenoxy) is 1. The summed E-state index contributed by atoms with van der Waals surface area (Å²) in [7, 11) is 1.31. The minimum atomic E-state index is -0.594. The van der Waals surface area contributed by atoms with E-state index in [1.807, 2.05) is 6.92 Å². The van der Waals surface area contributed by atoms with E-state index in [9.17, 15) is 9.18 Å². The highest BCUT2D eigenvalue weighted by Crippen LogP contribution is 2.25. The van der Waals surface area contributed by atoms with E-state index < -0.39 is 11.7 Å². The van der Waals surface area contributed by atoms with Crippen LogP contribution in [0.4, 0.5) is 10.3 Å². The molecule has 0 atom stereocenters. The Morgan fingerprint density at radius 1 is 1.50 bits per heavy atom. The number of rotatable bonds is 4. The summed E-state index contributed by atoms with van der Waals surface area (Å²) < 4.78 is 23.5. The van der Waals surface area contributed by atoms with E-state index in [1.54, 1.807) is 6.92 Å². The van der Waals surface area contributed by atoms with Gasteiger partial charge < -0.3 is 9.26 Å². The molecule has 0 saturated heterocycles. The largest absolute Gasteiger partial charge is 0.493 e. The van der Waals surface area contributed by atoms with Crippen molar-refractivity contribution < 1.29 is 18.4 Å². The summed E-state index contributed by atoms with van der Waals surface area (Å²) in [6, 6.07) is 4.14. The lowest BCUT2D eigenvalue weighted by Crippen LogP contribution is -2.14. The molecule has 2 aromatic rings. The molecular weight excluding hydrogens is 263 g/mol. The molecule has 2 rings (SSSR count). The van der Waals surface area contributed by atoms with E-state index >= 15 is 0 Å². The van der Waals surface area contributed by atoms with E-state index in [0.29, 0.717) is 6.42 Å². The maximum Gasteiger partial charge on any atom is 0.261 e. The second kappa shape index (κ2) is 5.73. The molecule has 0 spiro atoms. The molecule has 0 aliphatic heterocycles. The second-order valence-electron chi connectivity index (χ2n) is 4.21. The van der Waals surface area contributed by atoms with Crippen molar-refractivity contribution in [2.24, 2.45) is 0 Å². The minimum Gasteiger partial charge on any atom is -0.493 e. The minimum absolute atomic E-state index is 0.0985. The Labute approximate surface area is 115 Å². The topological polar surface area (TPSA) is 64.4 Å². The van der Waals surface area contributed by atoms with Crippen LogP contribution < -0.4 is 10.1 Å². The summed E-state index contributed by atoms with van der Waals surface area (Å²) in [6.45, 7) is 3.74. The third kappa shape index (κ3) is 2.49. The van der Waals surface area contributed by atoms with Crippen molar-refractivity contribution in [3.8, 4) is 5.75 Å². The van der Waals surface area contributed by atoms with Gasteiger partial charge in [0.2, 0.25) is 5.88 Å². The van der Waals surface area contributed by atoms with Crippen LogP contribution in [-0.4, -0.2) is 18.2 Å². The van der Waals surface area contributed by atoms with Gasteiger partial charge in [0, 0.05) is 5.56 Å². The first-order valence-corrected chi connectivity index (χ1v) is 6.17. The first-order chi connectivity index (χ1) is 9.58. The monoisotopic (exact) mass is 278 g/mol. The van der Waals surface area contributed by atoms with Gasteiger partial charge >= 0.3 is 0 Å². The second-order valence-corrected chi connectivity index (χ2v) is 4.21. The zero-order chi connectivity index (χ0) is 14.7. The van der Waals surface area contributed by atoms with Gasteiger partial charge in [0.15, 0.2) is 11.6 Å². The number of aryl methyl sites for hydroxylation is 1. The Balaban J connectivity index is 2.28. The van der Waals surface area contributed by atoms with Gasteiger partial charge in [0.25, 0.3) is 5.91 Å². The Bertz CT molecular complexity index is 637. The van der Waals surface area contributed by atoms with Gasteiger partial charge in [-0.2, -0.15) is 0 Å². The van der Waals surface area contributed by atoms with Crippen molar-refractivity contribution in [2.45, 2.75) is 20.3 Å². The number of benzene rings is 1. The summed E-state index contributed by atoms with van der Waals surface area (Å²) in [6.07, 6.45) is 0.703. The summed E-state index contributed by atoms with van der Waals surface area (Å²) in [4.78, 5) is 12.2. The average Bonchev–Trinajstić information content (AvgIpc) is 2.79. The Morgan fingerprint density at radius 3 is 2.85 bits per heavy atom. The molecule has 0 radical (unpaired) electrons. The van der Waals surface area contributed by atoms with Crippen LogP contribution >= 0.6 is 0 Å². The van der Waals surface area contributed by atoms with E-state index in [4.69, 9.17) is 9.26 Å². The Hall–Kier alpha value is -2.37. The van der Waals surface area contributed by atoms with E-state index in [0.717, 1.165) is 11.3 Å². The van der Waals surface area contributed by atoms with Gasteiger partial charge in [-0.25, -0.2) is 4.39 Å². The lowest BCUT2D eigenvalue weighted by atomic mass is 10.1. The van der Waals surface area contributed by atoms with E-state index in [1.165, 1.54) is 25.3 Å². The van der Waals surface area contributed by atoms with Crippen LogP contribution in [0, 0.1) is 12.7 Å². The maximum atomic E-state index is 13.5. The zero-order valence-corrected chi connectivity index (χ0v) is 11.5. The van der Waals surface area contributed by atoms with Gasteiger partial charge in [-0.05, 0) is 25.5 Å². The van der Waals surface area contributed by atoms with Crippen LogP contribution in [-0.2, 0) is 6.42 Å². The number of amides is 1. The number of carbonyl (C=O) groups is 1. The fourth-order valence-corrected chi connectivity index (χ4v) is 1.88. The smallest absolute Gasteiger partial charge is 0.261 e. The third-order valence-electron chi connectivity index (χ3n) is 3.00. The van der Waals surface area contributed by atoms with Crippen LogP contribution in [0.5, 0.6) is 5.75 Å². The molecule has 1 heterocycles. The van der Waals surface area contributed by atoms with Gasteiger partial charge in [-0.15, -0.1) is 0 Å². The number of hydrogen-bond acceptors (Lipinski definition) is 4. The molecule has 1 amide bonds. The van der Waals surface area contributed by atoms with Gasteiger partial charge in [-0.1, -0.05) is 18.1 Å². The number of methoxy groups -OCH3 is 1. The van der Waals surface area contributed by atoms with Crippen LogP contribution in [0.2, 0.25) is 0 Å². The lowest BCUT2D eigenvalue weighted by molar-refractivity contribution is 0.102. The first kappa shape index (κ1) is 14.0. The van der Waals surface area contributed by atoms with Crippen molar-refractivity contribution in [3.05, 3.63) is 40.8 Å². The molecule has 1 aromatic carbocycles. The number of halogens is 1. The number of para-hydroxylation sites is 1. The number of nitrogens with one attached hydrogen (secondary N) is 1. The molecule has 0 fully saturated rings. The van der Waals surface area contributed by atoms with Gasteiger partial charge in [0.1, 0.15) is 0 Å². The predicted octanol–water partition coefficient (Wildman–Crippen LogP) is 2.95. The number of anilines is 1. The molecule has 0 aliphatic carbocycles. The van der Waals surface area contributed by atoms with Crippen molar-refractivity contribution in [3.63, 3.8) is 0 Å². The molecule has 6 heteroatoms. The fourth-order valence-electron chi connectivity index (χ4n) is 1.88. The number of aromatic nitrogens is 1. The normalized spacial score (nSPS) is 10.4. The maximum absolute atomic E-state index is 13.5. The highest BCUT2D eigenvalue weighted by atomic mass is 19.1. The van der Waals surface area contributed by atoms with Crippen LogP contribution in [0.3, 0.4) is 0 Å². The summed E-state index contributed by atoms with van der Waals surface area (Å²) in [5.74, 6) is -0.942.